The number of H-pyrrole nitrogens is 1. The SMILES string of the molecule is CC(C)[C@H](N)C(=O)N[C@@H](Cc1c[nH]c2ccccc12)C(=O)N[C@H](C(=O)O)C(C)C. The van der Waals surface area contributed by atoms with Crippen molar-refractivity contribution in [1.29, 1.82) is 0 Å². The first-order valence-electron chi connectivity index (χ1n) is 9.76. The molecule has 0 bridgehead atoms. The standard InChI is InChI=1S/C21H30N4O4/c1-11(2)17(22)20(27)24-16(19(26)25-18(12(3)4)21(28)29)9-13-10-23-15-8-6-5-7-14(13)15/h5-8,10-12,16-18,23H,9,22H2,1-4H3,(H,24,27)(H,25,26)(H,28,29)/t16-,17-,18-/m0/s1. The predicted octanol–water partition coefficient (Wildman–Crippen LogP) is 1.40. The molecule has 2 aromatic rings. The molecule has 29 heavy (non-hydrogen) atoms. The first-order chi connectivity index (χ1) is 13.6. The number of aliphatic carboxylic acids is 1. The molecule has 0 saturated heterocycles. The van der Waals surface area contributed by atoms with Crippen molar-refractivity contribution in [2.24, 2.45) is 17.6 Å². The zero-order chi connectivity index (χ0) is 21.7. The summed E-state index contributed by atoms with van der Waals surface area (Å²) in [5.41, 5.74) is 7.68. The molecule has 0 aliphatic carbocycles. The summed E-state index contributed by atoms with van der Waals surface area (Å²) in [5, 5.41) is 15.6. The molecule has 8 nitrogen and oxygen atoms in total. The van der Waals surface area contributed by atoms with Gasteiger partial charge in [-0.1, -0.05) is 45.9 Å². The number of amides is 2. The Morgan fingerprint density at radius 2 is 1.69 bits per heavy atom. The molecule has 1 aromatic carbocycles. The first-order valence-corrected chi connectivity index (χ1v) is 9.76. The van der Waals surface area contributed by atoms with E-state index in [9.17, 15) is 19.5 Å². The number of hydrogen-bond donors (Lipinski definition) is 5. The quantitative estimate of drug-likeness (QED) is 0.432. The van der Waals surface area contributed by atoms with E-state index in [2.05, 4.69) is 15.6 Å². The maximum atomic E-state index is 12.9. The summed E-state index contributed by atoms with van der Waals surface area (Å²) in [6.07, 6.45) is 1.99. The van der Waals surface area contributed by atoms with Gasteiger partial charge in [0, 0.05) is 23.5 Å². The second-order valence-electron chi connectivity index (χ2n) is 7.96. The van der Waals surface area contributed by atoms with Gasteiger partial charge in [0.05, 0.1) is 6.04 Å². The number of aromatic nitrogens is 1. The van der Waals surface area contributed by atoms with Gasteiger partial charge in [0.2, 0.25) is 11.8 Å². The van der Waals surface area contributed by atoms with Crippen molar-refractivity contribution >= 4 is 28.7 Å². The van der Waals surface area contributed by atoms with Crippen molar-refractivity contribution in [1.82, 2.24) is 15.6 Å². The van der Waals surface area contributed by atoms with E-state index in [1.165, 1.54) is 0 Å². The Morgan fingerprint density at radius 3 is 2.28 bits per heavy atom. The van der Waals surface area contributed by atoms with E-state index < -0.39 is 35.9 Å². The minimum Gasteiger partial charge on any atom is -0.480 e. The third-order valence-electron chi connectivity index (χ3n) is 4.98. The highest BCUT2D eigenvalue weighted by Gasteiger charge is 2.30. The summed E-state index contributed by atoms with van der Waals surface area (Å²) >= 11 is 0. The first kappa shape index (κ1) is 22.4. The lowest BCUT2D eigenvalue weighted by atomic mass is 10.00. The van der Waals surface area contributed by atoms with Crippen LogP contribution in [0.5, 0.6) is 0 Å². The molecule has 6 N–H and O–H groups in total. The van der Waals surface area contributed by atoms with E-state index in [0.29, 0.717) is 0 Å². The van der Waals surface area contributed by atoms with Gasteiger partial charge in [0.25, 0.3) is 0 Å². The molecule has 2 amide bonds. The lowest BCUT2D eigenvalue weighted by Gasteiger charge is -2.25. The number of hydrogen-bond acceptors (Lipinski definition) is 4. The van der Waals surface area contributed by atoms with Crippen LogP contribution in [0.3, 0.4) is 0 Å². The van der Waals surface area contributed by atoms with Gasteiger partial charge < -0.3 is 26.5 Å². The number of fused-ring (bicyclic) bond motifs is 1. The number of aromatic amines is 1. The number of carboxylic acid groups (broad SMARTS) is 1. The molecule has 0 fully saturated rings. The van der Waals surface area contributed by atoms with E-state index in [-0.39, 0.29) is 18.3 Å². The van der Waals surface area contributed by atoms with Crippen LogP contribution < -0.4 is 16.4 Å². The van der Waals surface area contributed by atoms with Crippen LogP contribution in [0.2, 0.25) is 0 Å². The van der Waals surface area contributed by atoms with E-state index in [1.807, 2.05) is 38.1 Å². The molecular formula is C21H30N4O4. The number of rotatable bonds is 9. The number of benzene rings is 1. The second-order valence-corrected chi connectivity index (χ2v) is 7.96. The Labute approximate surface area is 170 Å². The topological polar surface area (TPSA) is 137 Å². The Bertz CT molecular complexity index is 874. The fourth-order valence-electron chi connectivity index (χ4n) is 3.07. The number of carboxylic acids is 1. The molecule has 1 aromatic heterocycles. The molecule has 0 saturated carbocycles. The minimum absolute atomic E-state index is 0.103. The lowest BCUT2D eigenvalue weighted by Crippen LogP contribution is -2.56. The van der Waals surface area contributed by atoms with Gasteiger partial charge in [0.15, 0.2) is 0 Å². The molecule has 0 spiro atoms. The summed E-state index contributed by atoms with van der Waals surface area (Å²) in [7, 11) is 0. The maximum absolute atomic E-state index is 12.9. The molecule has 158 valence electrons. The Balaban J connectivity index is 2.28. The monoisotopic (exact) mass is 402 g/mol. The molecular weight excluding hydrogens is 372 g/mol. The Kier molecular flexibility index (Phi) is 7.39. The van der Waals surface area contributed by atoms with Crippen LogP contribution in [0.1, 0.15) is 33.3 Å². The van der Waals surface area contributed by atoms with Crippen LogP contribution in [0, 0.1) is 11.8 Å². The highest BCUT2D eigenvalue weighted by Crippen LogP contribution is 2.19. The van der Waals surface area contributed by atoms with E-state index >= 15 is 0 Å². The van der Waals surface area contributed by atoms with Crippen LogP contribution >= 0.6 is 0 Å². The van der Waals surface area contributed by atoms with E-state index in [0.717, 1.165) is 16.5 Å². The fourth-order valence-corrected chi connectivity index (χ4v) is 3.07. The summed E-state index contributed by atoms with van der Waals surface area (Å²) in [6, 6.07) is 4.86. The van der Waals surface area contributed by atoms with Crippen molar-refractivity contribution in [3.05, 3.63) is 36.0 Å². The molecule has 0 radical (unpaired) electrons. The normalized spacial score (nSPS) is 14.6. The van der Waals surface area contributed by atoms with E-state index in [4.69, 9.17) is 5.73 Å². The van der Waals surface area contributed by atoms with Crippen molar-refractivity contribution in [2.75, 3.05) is 0 Å². The molecule has 0 aliphatic rings. The number of carbonyl (C=O) groups is 3. The van der Waals surface area contributed by atoms with Gasteiger partial charge in [-0.3, -0.25) is 9.59 Å². The van der Waals surface area contributed by atoms with Crippen LogP contribution in [0.25, 0.3) is 10.9 Å². The Morgan fingerprint density at radius 1 is 1.03 bits per heavy atom. The third kappa shape index (κ3) is 5.57. The molecule has 0 unspecified atom stereocenters. The molecule has 2 rings (SSSR count). The molecule has 0 aliphatic heterocycles. The summed E-state index contributed by atoms with van der Waals surface area (Å²) in [4.78, 5) is 40.0. The van der Waals surface area contributed by atoms with Gasteiger partial charge in [-0.2, -0.15) is 0 Å². The zero-order valence-electron chi connectivity index (χ0n) is 17.2. The van der Waals surface area contributed by atoms with Gasteiger partial charge in [-0.25, -0.2) is 4.79 Å². The number of nitrogens with two attached hydrogens (primary N) is 1. The summed E-state index contributed by atoms with van der Waals surface area (Å²) in [6.45, 7) is 7.05. The summed E-state index contributed by atoms with van der Waals surface area (Å²) in [5.74, 6) is -2.53. The molecule has 8 heteroatoms. The van der Waals surface area contributed by atoms with Crippen molar-refractivity contribution in [3.63, 3.8) is 0 Å². The van der Waals surface area contributed by atoms with E-state index in [1.54, 1.807) is 20.0 Å². The van der Waals surface area contributed by atoms with Crippen molar-refractivity contribution in [3.8, 4) is 0 Å². The third-order valence-corrected chi connectivity index (χ3v) is 4.98. The highest BCUT2D eigenvalue weighted by molar-refractivity contribution is 5.93. The maximum Gasteiger partial charge on any atom is 0.326 e. The molecule has 3 atom stereocenters. The van der Waals surface area contributed by atoms with Crippen molar-refractivity contribution < 1.29 is 19.5 Å². The van der Waals surface area contributed by atoms with Crippen LogP contribution in [-0.2, 0) is 20.8 Å². The molecule has 1 heterocycles. The van der Waals surface area contributed by atoms with Crippen LogP contribution in [0.15, 0.2) is 30.5 Å². The van der Waals surface area contributed by atoms with Gasteiger partial charge in [-0.15, -0.1) is 0 Å². The highest BCUT2D eigenvalue weighted by atomic mass is 16.4. The van der Waals surface area contributed by atoms with Gasteiger partial charge >= 0.3 is 5.97 Å². The predicted molar refractivity (Wildman–Crippen MR) is 111 cm³/mol. The van der Waals surface area contributed by atoms with Gasteiger partial charge in [-0.05, 0) is 23.5 Å². The average Bonchev–Trinajstić information content (AvgIpc) is 3.07. The van der Waals surface area contributed by atoms with Crippen LogP contribution in [-0.4, -0.2) is 46.0 Å². The van der Waals surface area contributed by atoms with Crippen molar-refractivity contribution in [2.45, 2.75) is 52.2 Å². The lowest BCUT2D eigenvalue weighted by molar-refractivity contribution is -0.143. The Hall–Kier alpha value is -2.87. The summed E-state index contributed by atoms with van der Waals surface area (Å²) < 4.78 is 0. The number of carbonyl (C=O) groups excluding carboxylic acids is 2. The van der Waals surface area contributed by atoms with Crippen LogP contribution in [0.4, 0.5) is 0 Å². The number of nitrogens with one attached hydrogen (secondary N) is 3. The number of para-hydroxylation sites is 1. The smallest absolute Gasteiger partial charge is 0.326 e. The van der Waals surface area contributed by atoms with Gasteiger partial charge in [0.1, 0.15) is 12.1 Å². The average molecular weight is 402 g/mol. The zero-order valence-corrected chi connectivity index (χ0v) is 17.2. The largest absolute Gasteiger partial charge is 0.480 e. The minimum atomic E-state index is -1.12. The second kappa shape index (κ2) is 9.56. The fraction of sp³-hybridized carbons (Fsp3) is 0.476.